The summed E-state index contributed by atoms with van der Waals surface area (Å²) in [7, 11) is 0. The van der Waals surface area contributed by atoms with Crippen LogP contribution in [-0.2, 0) is 13.0 Å². The highest BCUT2D eigenvalue weighted by atomic mass is 16.5. The zero-order valence-electron chi connectivity index (χ0n) is 18.1. The number of carbonyl (C=O) groups excluding carboxylic acids is 1. The highest BCUT2D eigenvalue weighted by molar-refractivity contribution is 5.94. The van der Waals surface area contributed by atoms with Crippen molar-refractivity contribution in [3.05, 3.63) is 77.9 Å². The molecule has 1 aliphatic rings. The molecule has 1 amide bonds. The molecule has 0 saturated carbocycles. The lowest BCUT2D eigenvalue weighted by Gasteiger charge is -2.32. The van der Waals surface area contributed by atoms with Crippen LogP contribution in [0.2, 0.25) is 0 Å². The van der Waals surface area contributed by atoms with E-state index in [0.717, 1.165) is 49.2 Å². The molecule has 1 fully saturated rings. The van der Waals surface area contributed by atoms with Crippen molar-refractivity contribution in [3.8, 4) is 5.75 Å². The number of hydrogen-bond donors (Lipinski definition) is 0. The van der Waals surface area contributed by atoms with E-state index in [1.165, 1.54) is 18.3 Å². The molecule has 6 nitrogen and oxygen atoms in total. The van der Waals surface area contributed by atoms with E-state index in [0.29, 0.717) is 19.1 Å². The van der Waals surface area contributed by atoms with E-state index in [-0.39, 0.29) is 5.91 Å². The van der Waals surface area contributed by atoms with E-state index >= 15 is 0 Å². The molecule has 0 aliphatic carbocycles. The largest absolute Gasteiger partial charge is 0.494 e. The van der Waals surface area contributed by atoms with Gasteiger partial charge in [-0.2, -0.15) is 5.10 Å². The molecule has 1 aromatic heterocycles. The Bertz CT molecular complexity index is 944. The van der Waals surface area contributed by atoms with Gasteiger partial charge in [0.25, 0.3) is 5.91 Å². The van der Waals surface area contributed by atoms with Crippen molar-refractivity contribution in [2.24, 2.45) is 5.92 Å². The van der Waals surface area contributed by atoms with E-state index < -0.39 is 0 Å². The molecule has 1 aliphatic heterocycles. The van der Waals surface area contributed by atoms with Gasteiger partial charge in [0.1, 0.15) is 18.4 Å². The second-order valence-corrected chi connectivity index (χ2v) is 8.14. The molecule has 6 heteroatoms. The lowest BCUT2D eigenvalue weighted by atomic mass is 9.90. The fourth-order valence-electron chi connectivity index (χ4n) is 4.15. The van der Waals surface area contributed by atoms with E-state index in [4.69, 9.17) is 4.74 Å². The second kappa shape index (κ2) is 10.2. The first-order chi connectivity index (χ1) is 15.2. The maximum atomic E-state index is 12.9. The number of rotatable bonds is 8. The minimum atomic E-state index is 0.136. The van der Waals surface area contributed by atoms with Crippen LogP contribution < -0.4 is 4.74 Å². The minimum absolute atomic E-state index is 0.136. The van der Waals surface area contributed by atoms with Crippen molar-refractivity contribution >= 4 is 5.91 Å². The van der Waals surface area contributed by atoms with E-state index in [2.05, 4.69) is 34.3 Å². The predicted octanol–water partition coefficient (Wildman–Crippen LogP) is 4.21. The van der Waals surface area contributed by atoms with Gasteiger partial charge in [-0.05, 0) is 73.9 Å². The van der Waals surface area contributed by atoms with Crippen LogP contribution in [0, 0.1) is 5.92 Å². The van der Waals surface area contributed by atoms with Gasteiger partial charge in [0.05, 0.1) is 13.2 Å². The maximum absolute atomic E-state index is 12.9. The Morgan fingerprint density at radius 1 is 1.03 bits per heavy atom. The van der Waals surface area contributed by atoms with Crippen LogP contribution in [0.25, 0.3) is 0 Å². The molecule has 0 bridgehead atoms. The van der Waals surface area contributed by atoms with Crippen LogP contribution in [0.3, 0.4) is 0 Å². The highest BCUT2D eigenvalue weighted by Crippen LogP contribution is 2.24. The minimum Gasteiger partial charge on any atom is -0.494 e. The van der Waals surface area contributed by atoms with Crippen molar-refractivity contribution in [2.75, 3.05) is 19.7 Å². The van der Waals surface area contributed by atoms with Crippen molar-refractivity contribution in [1.29, 1.82) is 0 Å². The Kier molecular flexibility index (Phi) is 6.97. The summed E-state index contributed by atoms with van der Waals surface area (Å²) in [4.78, 5) is 18.8. The third-order valence-electron chi connectivity index (χ3n) is 5.99. The number of carbonyl (C=O) groups is 1. The van der Waals surface area contributed by atoms with Crippen molar-refractivity contribution in [1.82, 2.24) is 19.7 Å². The van der Waals surface area contributed by atoms with Crippen LogP contribution >= 0.6 is 0 Å². The molecule has 0 N–H and O–H groups in total. The third kappa shape index (κ3) is 5.72. The first-order valence-corrected chi connectivity index (χ1v) is 11.1. The number of nitrogens with zero attached hydrogens (tertiary/aromatic N) is 4. The van der Waals surface area contributed by atoms with Crippen molar-refractivity contribution in [2.45, 2.75) is 39.2 Å². The van der Waals surface area contributed by atoms with E-state index in [1.807, 2.05) is 36.1 Å². The molecular formula is C25H30N4O2. The quantitative estimate of drug-likeness (QED) is 0.550. The van der Waals surface area contributed by atoms with Crippen molar-refractivity contribution in [3.63, 3.8) is 0 Å². The zero-order chi connectivity index (χ0) is 21.5. The van der Waals surface area contributed by atoms with Gasteiger partial charge in [0, 0.05) is 18.7 Å². The number of piperidine rings is 1. The fourth-order valence-corrected chi connectivity index (χ4v) is 4.15. The van der Waals surface area contributed by atoms with Gasteiger partial charge in [-0.15, -0.1) is 0 Å². The normalized spacial score (nSPS) is 14.5. The molecule has 2 heterocycles. The van der Waals surface area contributed by atoms with Gasteiger partial charge < -0.3 is 9.64 Å². The Morgan fingerprint density at radius 3 is 2.39 bits per heavy atom. The van der Waals surface area contributed by atoms with Crippen LogP contribution in [0.5, 0.6) is 5.75 Å². The first kappa shape index (κ1) is 21.1. The summed E-state index contributed by atoms with van der Waals surface area (Å²) in [6.45, 7) is 5.04. The fraction of sp³-hybridized carbons (Fsp3) is 0.400. The van der Waals surface area contributed by atoms with E-state index in [9.17, 15) is 4.79 Å². The summed E-state index contributed by atoms with van der Waals surface area (Å²) in [5, 5.41) is 4.12. The SMILES string of the molecule is CCOc1ccc(CCC2CCN(C(=O)c3ccc(Cn4cncn4)cc3)CC2)cc1. The van der Waals surface area contributed by atoms with Gasteiger partial charge >= 0.3 is 0 Å². The molecule has 0 unspecified atom stereocenters. The summed E-state index contributed by atoms with van der Waals surface area (Å²) in [6, 6.07) is 16.3. The number of aryl methyl sites for hydroxylation is 1. The Labute approximate surface area is 183 Å². The first-order valence-electron chi connectivity index (χ1n) is 11.1. The smallest absolute Gasteiger partial charge is 0.253 e. The molecule has 162 valence electrons. The topological polar surface area (TPSA) is 60.2 Å². The van der Waals surface area contributed by atoms with Gasteiger partial charge in [0.2, 0.25) is 0 Å². The Morgan fingerprint density at radius 2 is 1.74 bits per heavy atom. The summed E-state index contributed by atoms with van der Waals surface area (Å²) in [5.41, 5.74) is 3.22. The van der Waals surface area contributed by atoms with Gasteiger partial charge in [-0.1, -0.05) is 24.3 Å². The van der Waals surface area contributed by atoms with Crippen molar-refractivity contribution < 1.29 is 9.53 Å². The molecule has 2 aromatic carbocycles. The van der Waals surface area contributed by atoms with Crippen LogP contribution in [0.4, 0.5) is 0 Å². The zero-order valence-corrected chi connectivity index (χ0v) is 18.1. The number of likely N-dealkylation sites (tertiary alicyclic amines) is 1. The molecule has 31 heavy (non-hydrogen) atoms. The average molecular weight is 419 g/mol. The molecule has 3 aromatic rings. The van der Waals surface area contributed by atoms with Crippen LogP contribution in [0.1, 0.15) is 47.7 Å². The number of benzene rings is 2. The molecule has 0 atom stereocenters. The summed E-state index contributed by atoms with van der Waals surface area (Å²) < 4.78 is 7.28. The van der Waals surface area contributed by atoms with E-state index in [1.54, 1.807) is 11.0 Å². The summed E-state index contributed by atoms with van der Waals surface area (Å²) in [5.74, 6) is 1.75. The molecule has 1 saturated heterocycles. The van der Waals surface area contributed by atoms with Crippen LogP contribution in [0.15, 0.2) is 61.2 Å². The lowest BCUT2D eigenvalue weighted by molar-refractivity contribution is 0.0687. The molecule has 0 radical (unpaired) electrons. The van der Waals surface area contributed by atoms with Crippen LogP contribution in [-0.4, -0.2) is 45.3 Å². The second-order valence-electron chi connectivity index (χ2n) is 8.14. The highest BCUT2D eigenvalue weighted by Gasteiger charge is 2.23. The average Bonchev–Trinajstić information content (AvgIpc) is 3.32. The summed E-state index contributed by atoms with van der Waals surface area (Å²) >= 11 is 0. The maximum Gasteiger partial charge on any atom is 0.253 e. The molecule has 4 rings (SSSR count). The monoisotopic (exact) mass is 418 g/mol. The third-order valence-corrected chi connectivity index (χ3v) is 5.99. The molecule has 0 spiro atoms. The Hall–Kier alpha value is -3.15. The molecular weight excluding hydrogens is 388 g/mol. The van der Waals surface area contributed by atoms with Gasteiger partial charge in [0.15, 0.2) is 0 Å². The Balaban J connectivity index is 1.23. The number of ether oxygens (including phenoxy) is 1. The number of aromatic nitrogens is 3. The summed E-state index contributed by atoms with van der Waals surface area (Å²) in [6.07, 6.45) is 7.63. The number of amides is 1. The van der Waals surface area contributed by atoms with Gasteiger partial charge in [-0.25, -0.2) is 9.67 Å². The van der Waals surface area contributed by atoms with Gasteiger partial charge in [-0.3, -0.25) is 4.79 Å². The predicted molar refractivity (Wildman–Crippen MR) is 120 cm³/mol. The number of hydrogen-bond acceptors (Lipinski definition) is 4. The standard InChI is InChI=1S/C25H30N4O2/c1-2-31-24-11-7-20(8-12-24)3-4-21-13-15-28(16-14-21)25(30)23-9-5-22(6-10-23)17-29-19-26-18-27-29/h5-12,18-19,21H,2-4,13-17H2,1H3. The lowest BCUT2D eigenvalue weighted by Crippen LogP contribution is -2.38.